The maximum atomic E-state index is 13.1. The quantitative estimate of drug-likeness (QED) is 0.476. The zero-order chi connectivity index (χ0) is 23.5. The van der Waals surface area contributed by atoms with E-state index in [2.05, 4.69) is 4.90 Å². The van der Waals surface area contributed by atoms with Crippen LogP contribution >= 0.6 is 11.8 Å². The zero-order valence-electron chi connectivity index (χ0n) is 18.2. The SMILES string of the molecule is O=C1SC(=O)N(OCCN2CN(c3ccccc3)c3ccccc3C2=O)C1=Cc1ccccc1. The van der Waals surface area contributed by atoms with E-state index >= 15 is 0 Å². The summed E-state index contributed by atoms with van der Waals surface area (Å²) in [6.45, 7) is 0.650. The molecule has 0 aromatic heterocycles. The molecule has 2 heterocycles. The Kier molecular flexibility index (Phi) is 6.16. The van der Waals surface area contributed by atoms with Crippen molar-refractivity contribution < 1.29 is 19.2 Å². The van der Waals surface area contributed by atoms with Gasteiger partial charge in [0.15, 0.2) is 0 Å². The Balaban J connectivity index is 1.32. The summed E-state index contributed by atoms with van der Waals surface area (Å²) in [5, 5.41) is 0.164. The zero-order valence-corrected chi connectivity index (χ0v) is 19.0. The van der Waals surface area contributed by atoms with Crippen LogP contribution in [0.1, 0.15) is 15.9 Å². The van der Waals surface area contributed by atoms with E-state index in [-0.39, 0.29) is 29.9 Å². The second-order valence-corrected chi connectivity index (χ2v) is 8.64. The summed E-state index contributed by atoms with van der Waals surface area (Å²) >= 11 is 0.597. The fourth-order valence-corrected chi connectivity index (χ4v) is 4.55. The number of carbonyl (C=O) groups excluding carboxylic acids is 3. The lowest BCUT2D eigenvalue weighted by molar-refractivity contribution is -0.117. The molecule has 3 aromatic carbocycles. The highest BCUT2D eigenvalue weighted by Gasteiger charge is 2.36. The second-order valence-electron chi connectivity index (χ2n) is 7.71. The lowest BCUT2D eigenvalue weighted by Crippen LogP contribution is -2.46. The van der Waals surface area contributed by atoms with E-state index in [1.165, 1.54) is 0 Å². The van der Waals surface area contributed by atoms with Crippen molar-refractivity contribution in [2.75, 3.05) is 24.7 Å². The lowest BCUT2D eigenvalue weighted by atomic mass is 10.1. The summed E-state index contributed by atoms with van der Waals surface area (Å²) in [5.74, 6) is -0.107. The van der Waals surface area contributed by atoms with Crippen molar-refractivity contribution in [1.82, 2.24) is 9.96 Å². The third-order valence-electron chi connectivity index (χ3n) is 5.55. The number of hydrogen-bond donors (Lipinski definition) is 0. The van der Waals surface area contributed by atoms with Crippen LogP contribution in [-0.2, 0) is 9.63 Å². The maximum Gasteiger partial charge on any atom is 0.318 e. The van der Waals surface area contributed by atoms with E-state index in [9.17, 15) is 14.4 Å². The van der Waals surface area contributed by atoms with E-state index in [1.807, 2.05) is 78.9 Å². The fourth-order valence-electron chi connectivity index (χ4n) is 3.92. The monoisotopic (exact) mass is 471 g/mol. The molecule has 0 N–H and O–H groups in total. The van der Waals surface area contributed by atoms with Crippen LogP contribution in [0.5, 0.6) is 0 Å². The molecule has 8 heteroatoms. The number of amides is 2. The molecular weight excluding hydrogens is 450 g/mol. The summed E-state index contributed by atoms with van der Waals surface area (Å²) in [5.41, 5.74) is 3.38. The molecule has 34 heavy (non-hydrogen) atoms. The maximum absolute atomic E-state index is 13.1. The van der Waals surface area contributed by atoms with Gasteiger partial charge in [-0.2, -0.15) is 5.06 Å². The smallest absolute Gasteiger partial charge is 0.318 e. The number of para-hydroxylation sites is 2. The molecule has 170 valence electrons. The van der Waals surface area contributed by atoms with Crippen molar-refractivity contribution in [3.63, 3.8) is 0 Å². The number of fused-ring (bicyclic) bond motifs is 1. The highest BCUT2D eigenvalue weighted by molar-refractivity contribution is 8.27. The minimum atomic E-state index is -0.492. The lowest BCUT2D eigenvalue weighted by Gasteiger charge is -2.38. The largest absolute Gasteiger partial charge is 0.322 e. The summed E-state index contributed by atoms with van der Waals surface area (Å²) < 4.78 is 0. The van der Waals surface area contributed by atoms with Crippen LogP contribution in [0.15, 0.2) is 90.6 Å². The molecule has 2 amide bonds. The third kappa shape index (κ3) is 4.33. The number of thioether (sulfide) groups is 1. The van der Waals surface area contributed by atoms with Crippen molar-refractivity contribution in [1.29, 1.82) is 0 Å². The van der Waals surface area contributed by atoms with Gasteiger partial charge < -0.3 is 9.80 Å². The Morgan fingerprint density at radius 3 is 2.29 bits per heavy atom. The molecule has 1 saturated heterocycles. The molecule has 3 aromatic rings. The van der Waals surface area contributed by atoms with Crippen LogP contribution < -0.4 is 4.90 Å². The number of carbonyl (C=O) groups is 3. The Morgan fingerprint density at radius 2 is 1.53 bits per heavy atom. The molecule has 5 rings (SSSR count). The molecule has 0 spiro atoms. The van der Waals surface area contributed by atoms with Gasteiger partial charge in [-0.25, -0.2) is 0 Å². The van der Waals surface area contributed by atoms with Gasteiger partial charge in [-0.1, -0.05) is 60.7 Å². The van der Waals surface area contributed by atoms with E-state index in [0.717, 1.165) is 22.0 Å². The molecule has 2 aliphatic rings. The van der Waals surface area contributed by atoms with Crippen LogP contribution in [-0.4, -0.2) is 46.0 Å². The number of hydrogen-bond acceptors (Lipinski definition) is 6. The van der Waals surface area contributed by atoms with Gasteiger partial charge in [0.2, 0.25) is 5.12 Å². The van der Waals surface area contributed by atoms with Crippen LogP contribution in [0.3, 0.4) is 0 Å². The molecule has 0 bridgehead atoms. The van der Waals surface area contributed by atoms with Crippen molar-refractivity contribution in [2.24, 2.45) is 0 Å². The third-order valence-corrected chi connectivity index (χ3v) is 6.29. The van der Waals surface area contributed by atoms with E-state index in [0.29, 0.717) is 24.0 Å². The van der Waals surface area contributed by atoms with E-state index in [4.69, 9.17) is 4.84 Å². The summed E-state index contributed by atoms with van der Waals surface area (Å²) in [6, 6.07) is 26.6. The fraction of sp³-hybridized carbons (Fsp3) is 0.115. The number of benzene rings is 3. The van der Waals surface area contributed by atoms with Gasteiger partial charge >= 0.3 is 5.24 Å². The minimum absolute atomic E-state index is 0.0578. The molecule has 7 nitrogen and oxygen atoms in total. The van der Waals surface area contributed by atoms with E-state index < -0.39 is 5.24 Å². The van der Waals surface area contributed by atoms with Gasteiger partial charge in [-0.15, -0.1) is 0 Å². The Morgan fingerprint density at radius 1 is 0.853 bits per heavy atom. The second kappa shape index (κ2) is 9.54. The molecular formula is C26H21N3O4S. The van der Waals surface area contributed by atoms with Gasteiger partial charge in [0, 0.05) is 24.0 Å². The van der Waals surface area contributed by atoms with Gasteiger partial charge in [0.05, 0.1) is 24.5 Å². The van der Waals surface area contributed by atoms with Crippen LogP contribution in [0.25, 0.3) is 6.08 Å². The van der Waals surface area contributed by atoms with Gasteiger partial charge in [0.1, 0.15) is 5.70 Å². The van der Waals surface area contributed by atoms with Gasteiger partial charge in [0.25, 0.3) is 5.91 Å². The van der Waals surface area contributed by atoms with Crippen molar-refractivity contribution >= 4 is 45.5 Å². The summed E-state index contributed by atoms with van der Waals surface area (Å²) in [4.78, 5) is 47.3. The standard InChI is InChI=1S/C26H21N3O4S/c30-24-21-13-7-8-14-22(21)28(20-11-5-2-6-12-20)18-27(24)15-16-33-29-23(25(31)34-26(29)32)17-19-9-3-1-4-10-19/h1-14,17H,15-16,18H2. The molecule has 1 fully saturated rings. The number of nitrogens with zero attached hydrogens (tertiary/aromatic N) is 3. The first-order chi connectivity index (χ1) is 16.6. The molecule has 0 saturated carbocycles. The van der Waals surface area contributed by atoms with Crippen molar-refractivity contribution in [3.8, 4) is 0 Å². The van der Waals surface area contributed by atoms with Gasteiger partial charge in [-0.05, 0) is 35.9 Å². The predicted octanol–water partition coefficient (Wildman–Crippen LogP) is 4.91. The first-order valence-corrected chi connectivity index (χ1v) is 11.6. The molecule has 0 radical (unpaired) electrons. The van der Waals surface area contributed by atoms with Crippen LogP contribution in [0.4, 0.5) is 16.2 Å². The van der Waals surface area contributed by atoms with Crippen molar-refractivity contribution in [2.45, 2.75) is 0 Å². The normalized spacial score (nSPS) is 17.0. The average molecular weight is 472 g/mol. The molecule has 2 aliphatic heterocycles. The summed E-state index contributed by atoms with van der Waals surface area (Å²) in [6.07, 6.45) is 1.62. The highest BCUT2D eigenvalue weighted by Crippen LogP contribution is 2.34. The number of hydroxylamine groups is 2. The van der Waals surface area contributed by atoms with Crippen molar-refractivity contribution in [3.05, 3.63) is 102 Å². The molecule has 0 aliphatic carbocycles. The van der Waals surface area contributed by atoms with Crippen LogP contribution in [0.2, 0.25) is 0 Å². The summed E-state index contributed by atoms with van der Waals surface area (Å²) in [7, 11) is 0. The molecule has 0 unspecified atom stereocenters. The topological polar surface area (TPSA) is 70.2 Å². The average Bonchev–Trinajstić information content (AvgIpc) is 3.13. The number of rotatable bonds is 6. The van der Waals surface area contributed by atoms with Crippen LogP contribution in [0, 0.1) is 0 Å². The highest BCUT2D eigenvalue weighted by atomic mass is 32.2. The molecule has 0 atom stereocenters. The Hall–Kier alpha value is -3.88. The minimum Gasteiger partial charge on any atom is -0.322 e. The van der Waals surface area contributed by atoms with E-state index in [1.54, 1.807) is 17.0 Å². The first kappa shape index (κ1) is 21.9. The Labute approximate surface area is 201 Å². The number of anilines is 2. The first-order valence-electron chi connectivity index (χ1n) is 10.8. The predicted molar refractivity (Wildman–Crippen MR) is 131 cm³/mol. The van der Waals surface area contributed by atoms with Gasteiger partial charge in [-0.3, -0.25) is 19.2 Å². The Bertz CT molecular complexity index is 1260.